The molecule has 0 aliphatic carbocycles. The van der Waals surface area contributed by atoms with Crippen molar-refractivity contribution in [2.45, 2.75) is 6.04 Å². The van der Waals surface area contributed by atoms with Gasteiger partial charge in [0.05, 0.1) is 22.8 Å². The van der Waals surface area contributed by atoms with Crippen LogP contribution in [0.25, 0.3) is 22.2 Å². The first-order valence-electron chi connectivity index (χ1n) is 13.0. The van der Waals surface area contributed by atoms with E-state index in [2.05, 4.69) is 81.5 Å². The van der Waals surface area contributed by atoms with Gasteiger partial charge in [0, 0.05) is 41.6 Å². The summed E-state index contributed by atoms with van der Waals surface area (Å²) < 4.78 is 1.01. The van der Waals surface area contributed by atoms with E-state index in [1.807, 2.05) is 59.5 Å². The molecule has 0 bridgehead atoms. The van der Waals surface area contributed by atoms with Crippen molar-refractivity contribution in [1.29, 1.82) is 0 Å². The van der Waals surface area contributed by atoms with Crippen molar-refractivity contribution in [2.24, 2.45) is 0 Å². The fourth-order valence-electron chi connectivity index (χ4n) is 5.36. The van der Waals surface area contributed by atoms with Crippen molar-refractivity contribution in [3.8, 4) is 11.3 Å². The second kappa shape index (κ2) is 10.9. The highest BCUT2D eigenvalue weighted by Gasteiger charge is 2.29. The number of hydrogen-bond donors (Lipinski definition) is 0. The van der Waals surface area contributed by atoms with Crippen molar-refractivity contribution in [2.75, 3.05) is 26.2 Å². The Kier molecular flexibility index (Phi) is 7.04. The van der Waals surface area contributed by atoms with Crippen LogP contribution in [0, 0.1) is 0 Å². The molecule has 5 aromatic rings. The van der Waals surface area contributed by atoms with E-state index in [1.54, 1.807) is 0 Å². The van der Waals surface area contributed by atoms with Gasteiger partial charge in [-0.2, -0.15) is 0 Å². The van der Waals surface area contributed by atoms with E-state index < -0.39 is 0 Å². The fraction of sp³-hybridized carbons (Fsp3) is 0.152. The molecule has 1 aliphatic rings. The molecule has 5 heteroatoms. The normalized spacial score (nSPS) is 14.2. The topological polar surface area (TPSA) is 36.4 Å². The van der Waals surface area contributed by atoms with Crippen LogP contribution in [0.5, 0.6) is 0 Å². The predicted molar refractivity (Wildman–Crippen MR) is 157 cm³/mol. The summed E-state index contributed by atoms with van der Waals surface area (Å²) in [5.74, 6) is 0.0672. The Morgan fingerprint density at radius 3 is 1.92 bits per heavy atom. The first-order chi connectivity index (χ1) is 18.7. The number of carbonyl (C=O) groups excluding carboxylic acids is 1. The van der Waals surface area contributed by atoms with Crippen LogP contribution in [0.2, 0.25) is 0 Å². The van der Waals surface area contributed by atoms with Crippen molar-refractivity contribution in [1.82, 2.24) is 14.8 Å². The molecule has 0 radical (unpaired) electrons. The highest BCUT2D eigenvalue weighted by atomic mass is 79.9. The minimum Gasteiger partial charge on any atom is -0.336 e. The molecule has 4 nitrogen and oxygen atoms in total. The first kappa shape index (κ1) is 24.5. The monoisotopic (exact) mass is 561 g/mol. The molecule has 38 heavy (non-hydrogen) atoms. The Balaban J connectivity index is 1.28. The predicted octanol–water partition coefficient (Wildman–Crippen LogP) is 7.21. The van der Waals surface area contributed by atoms with Gasteiger partial charge in [0.25, 0.3) is 5.91 Å². The van der Waals surface area contributed by atoms with Gasteiger partial charge >= 0.3 is 0 Å². The number of pyridine rings is 1. The number of aromatic nitrogens is 1. The van der Waals surface area contributed by atoms with Crippen molar-refractivity contribution < 1.29 is 4.79 Å². The molecule has 0 saturated carbocycles. The number of halogens is 1. The number of amides is 1. The first-order valence-corrected chi connectivity index (χ1v) is 13.8. The van der Waals surface area contributed by atoms with Gasteiger partial charge in [0.1, 0.15) is 0 Å². The zero-order valence-corrected chi connectivity index (χ0v) is 22.6. The Labute approximate surface area is 231 Å². The molecule has 0 atom stereocenters. The molecule has 1 aliphatic heterocycles. The number of nitrogens with zero attached hydrogens (tertiary/aromatic N) is 3. The highest BCUT2D eigenvalue weighted by molar-refractivity contribution is 9.10. The lowest BCUT2D eigenvalue weighted by atomic mass is 9.96. The summed E-state index contributed by atoms with van der Waals surface area (Å²) >= 11 is 3.51. The maximum Gasteiger partial charge on any atom is 0.254 e. The molecule has 6 rings (SSSR count). The zero-order chi connectivity index (χ0) is 25.9. The van der Waals surface area contributed by atoms with Crippen molar-refractivity contribution in [3.63, 3.8) is 0 Å². The third kappa shape index (κ3) is 5.00. The smallest absolute Gasteiger partial charge is 0.254 e. The molecule has 4 aromatic carbocycles. The van der Waals surface area contributed by atoms with E-state index in [9.17, 15) is 4.79 Å². The second-order valence-electron chi connectivity index (χ2n) is 9.63. The van der Waals surface area contributed by atoms with Crippen molar-refractivity contribution >= 4 is 32.7 Å². The number of para-hydroxylation sites is 1. The molecule has 0 unspecified atom stereocenters. The van der Waals surface area contributed by atoms with Gasteiger partial charge in [-0.1, -0.05) is 107 Å². The molecule has 188 valence electrons. The fourth-order valence-corrected chi connectivity index (χ4v) is 5.62. The summed E-state index contributed by atoms with van der Waals surface area (Å²) in [6.45, 7) is 2.98. The molecular formula is C33H28BrN3O. The largest absolute Gasteiger partial charge is 0.336 e. The summed E-state index contributed by atoms with van der Waals surface area (Å²) in [4.78, 5) is 23.3. The lowest BCUT2D eigenvalue weighted by Crippen LogP contribution is -2.49. The minimum absolute atomic E-state index is 0.0672. The Hall–Kier alpha value is -3.80. The molecule has 1 fully saturated rings. The van der Waals surface area contributed by atoms with Gasteiger partial charge in [-0.05, 0) is 35.4 Å². The number of fused-ring (bicyclic) bond motifs is 1. The van der Waals surface area contributed by atoms with Crippen LogP contribution in [0.1, 0.15) is 27.5 Å². The van der Waals surface area contributed by atoms with Crippen LogP contribution < -0.4 is 0 Å². The molecule has 1 amide bonds. The van der Waals surface area contributed by atoms with Crippen LogP contribution in [-0.2, 0) is 0 Å². The van der Waals surface area contributed by atoms with Gasteiger partial charge < -0.3 is 4.90 Å². The van der Waals surface area contributed by atoms with E-state index in [0.717, 1.165) is 39.7 Å². The standard InChI is InChI=1S/C33H28BrN3O/c34-27-17-15-24(16-18-27)31-23-29(28-13-7-8-14-30(28)35-31)33(38)37-21-19-36(20-22-37)32(25-9-3-1-4-10-25)26-11-5-2-6-12-26/h1-18,23,32H,19-22H2. The molecule has 0 N–H and O–H groups in total. The quantitative estimate of drug-likeness (QED) is 0.227. The lowest BCUT2D eigenvalue weighted by Gasteiger charge is -2.40. The van der Waals surface area contributed by atoms with E-state index in [-0.39, 0.29) is 11.9 Å². The maximum absolute atomic E-state index is 13.9. The van der Waals surface area contributed by atoms with E-state index >= 15 is 0 Å². The molecule has 1 saturated heterocycles. The summed E-state index contributed by atoms with van der Waals surface area (Å²) in [5, 5.41) is 0.896. The van der Waals surface area contributed by atoms with Gasteiger partial charge in [-0.15, -0.1) is 0 Å². The van der Waals surface area contributed by atoms with E-state index in [1.165, 1.54) is 11.1 Å². The summed E-state index contributed by atoms with van der Waals surface area (Å²) in [6.07, 6.45) is 0. The van der Waals surface area contributed by atoms with Gasteiger partial charge in [-0.3, -0.25) is 9.69 Å². The van der Waals surface area contributed by atoms with Gasteiger partial charge in [0.15, 0.2) is 0 Å². The summed E-state index contributed by atoms with van der Waals surface area (Å²) in [7, 11) is 0. The van der Waals surface area contributed by atoms with Gasteiger partial charge in [-0.25, -0.2) is 4.98 Å². The van der Waals surface area contributed by atoms with Crippen LogP contribution in [0.4, 0.5) is 0 Å². The van der Waals surface area contributed by atoms with Crippen molar-refractivity contribution in [3.05, 3.63) is 136 Å². The van der Waals surface area contributed by atoms with Crippen LogP contribution >= 0.6 is 15.9 Å². The summed E-state index contributed by atoms with van der Waals surface area (Å²) in [5.41, 5.74) is 5.90. The summed E-state index contributed by atoms with van der Waals surface area (Å²) in [6, 6.07) is 39.4. The minimum atomic E-state index is 0.0672. The van der Waals surface area contributed by atoms with Crippen LogP contribution in [0.3, 0.4) is 0 Å². The highest BCUT2D eigenvalue weighted by Crippen LogP contribution is 2.31. The van der Waals surface area contributed by atoms with Crippen LogP contribution in [-0.4, -0.2) is 46.9 Å². The van der Waals surface area contributed by atoms with E-state index in [0.29, 0.717) is 18.7 Å². The number of carbonyl (C=O) groups is 1. The average Bonchev–Trinajstić information content (AvgIpc) is 2.98. The second-order valence-corrected chi connectivity index (χ2v) is 10.5. The molecule has 2 heterocycles. The maximum atomic E-state index is 13.9. The van der Waals surface area contributed by atoms with Gasteiger partial charge in [0.2, 0.25) is 0 Å². The Morgan fingerprint density at radius 2 is 1.29 bits per heavy atom. The third-order valence-electron chi connectivity index (χ3n) is 7.28. The number of piperazine rings is 1. The SMILES string of the molecule is O=C(c1cc(-c2ccc(Br)cc2)nc2ccccc12)N1CCN(C(c2ccccc2)c2ccccc2)CC1. The third-order valence-corrected chi connectivity index (χ3v) is 7.81. The lowest BCUT2D eigenvalue weighted by molar-refractivity contribution is 0.0599. The Bertz CT molecular complexity index is 1510. The molecule has 0 spiro atoms. The Morgan fingerprint density at radius 1 is 0.711 bits per heavy atom. The van der Waals surface area contributed by atoms with Crippen LogP contribution in [0.15, 0.2) is 120 Å². The molecule has 1 aromatic heterocycles. The molecular weight excluding hydrogens is 534 g/mol. The average molecular weight is 563 g/mol. The zero-order valence-electron chi connectivity index (χ0n) is 21.0. The number of rotatable bonds is 5. The van der Waals surface area contributed by atoms with E-state index in [4.69, 9.17) is 4.98 Å². The number of benzene rings is 4. The number of hydrogen-bond acceptors (Lipinski definition) is 3.